The van der Waals surface area contributed by atoms with Crippen LogP contribution in [0.3, 0.4) is 0 Å². The molecule has 1 saturated heterocycles. The standard InChI is InChI=1S/C23H35N3O6S/c1-17(2)16-21(20(23(28)25-29)11-7-10-18-8-5-4-6-9-18)22(27)24-26(33(3,30)31)19-12-14-32-15-13-19/h4-10,17,19-21,29H,11-16H2,1-3H3,(H,24,27)(H,25,28)/t20-,21+/m0/s1. The maximum absolute atomic E-state index is 13.3. The van der Waals surface area contributed by atoms with Crippen LogP contribution in [0.5, 0.6) is 0 Å². The Hall–Kier alpha value is -2.27. The van der Waals surface area contributed by atoms with Crippen molar-refractivity contribution in [2.45, 2.75) is 45.6 Å². The third-order valence-corrected chi connectivity index (χ3v) is 6.70. The van der Waals surface area contributed by atoms with Crippen molar-refractivity contribution in [3.63, 3.8) is 0 Å². The molecule has 9 nitrogen and oxygen atoms in total. The number of nitrogens with zero attached hydrogens (tertiary/aromatic N) is 1. The van der Waals surface area contributed by atoms with E-state index >= 15 is 0 Å². The van der Waals surface area contributed by atoms with Gasteiger partial charge in [-0.05, 0) is 37.2 Å². The lowest BCUT2D eigenvalue weighted by Crippen LogP contribution is -2.55. The summed E-state index contributed by atoms with van der Waals surface area (Å²) in [6, 6.07) is 9.09. The summed E-state index contributed by atoms with van der Waals surface area (Å²) in [5.74, 6) is -2.93. The van der Waals surface area contributed by atoms with Gasteiger partial charge < -0.3 is 4.74 Å². The molecule has 2 amide bonds. The van der Waals surface area contributed by atoms with Gasteiger partial charge in [0.15, 0.2) is 0 Å². The summed E-state index contributed by atoms with van der Waals surface area (Å²) in [7, 11) is -3.74. The highest BCUT2D eigenvalue weighted by Crippen LogP contribution is 2.26. The lowest BCUT2D eigenvalue weighted by Gasteiger charge is -2.34. The zero-order chi connectivity index (χ0) is 24.4. The Morgan fingerprint density at radius 1 is 1.15 bits per heavy atom. The van der Waals surface area contributed by atoms with Crippen LogP contribution in [0.1, 0.15) is 45.1 Å². The highest BCUT2D eigenvalue weighted by Gasteiger charge is 2.37. The van der Waals surface area contributed by atoms with Crippen molar-refractivity contribution < 1.29 is 28.0 Å². The lowest BCUT2D eigenvalue weighted by atomic mass is 9.82. The Bertz CT molecular complexity index is 898. The number of sulfonamides is 1. The number of hydroxylamine groups is 1. The monoisotopic (exact) mass is 481 g/mol. The molecular formula is C23H35N3O6S. The first kappa shape index (κ1) is 27.0. The van der Waals surface area contributed by atoms with Gasteiger partial charge in [0.05, 0.1) is 18.1 Å². The average Bonchev–Trinajstić information content (AvgIpc) is 2.78. The molecule has 33 heavy (non-hydrogen) atoms. The van der Waals surface area contributed by atoms with Crippen molar-refractivity contribution in [2.24, 2.45) is 17.8 Å². The molecule has 0 spiro atoms. The third-order valence-electron chi connectivity index (χ3n) is 5.59. The predicted octanol–water partition coefficient (Wildman–Crippen LogP) is 2.35. The van der Waals surface area contributed by atoms with Crippen LogP contribution in [0.15, 0.2) is 36.4 Å². The fraction of sp³-hybridized carbons (Fsp3) is 0.565. The summed E-state index contributed by atoms with van der Waals surface area (Å²) in [6.07, 6.45) is 6.12. The molecule has 1 fully saturated rings. The fourth-order valence-electron chi connectivity index (χ4n) is 3.97. The van der Waals surface area contributed by atoms with Gasteiger partial charge in [0.2, 0.25) is 21.8 Å². The first-order valence-electron chi connectivity index (χ1n) is 11.2. The van der Waals surface area contributed by atoms with E-state index in [0.717, 1.165) is 16.2 Å². The van der Waals surface area contributed by atoms with Gasteiger partial charge in [0, 0.05) is 19.3 Å². The largest absolute Gasteiger partial charge is 0.381 e. The number of hydrogen-bond acceptors (Lipinski definition) is 6. The highest BCUT2D eigenvalue weighted by molar-refractivity contribution is 7.88. The lowest BCUT2D eigenvalue weighted by molar-refractivity contribution is -0.142. The number of nitrogens with one attached hydrogen (secondary N) is 2. The summed E-state index contributed by atoms with van der Waals surface area (Å²) < 4.78 is 31.2. The van der Waals surface area contributed by atoms with Gasteiger partial charge in [-0.2, -0.15) is 0 Å². The molecule has 1 heterocycles. The molecule has 0 unspecified atom stereocenters. The molecule has 184 valence electrons. The minimum Gasteiger partial charge on any atom is -0.381 e. The molecule has 0 aliphatic carbocycles. The fourth-order valence-corrected chi connectivity index (χ4v) is 4.98. The molecule has 2 rings (SSSR count). The second-order valence-electron chi connectivity index (χ2n) is 8.75. The van der Waals surface area contributed by atoms with Gasteiger partial charge >= 0.3 is 0 Å². The van der Waals surface area contributed by atoms with E-state index in [-0.39, 0.29) is 12.3 Å². The summed E-state index contributed by atoms with van der Waals surface area (Å²) in [4.78, 5) is 25.9. The number of carbonyl (C=O) groups excluding carboxylic acids is 2. The van der Waals surface area contributed by atoms with Gasteiger partial charge in [0.1, 0.15) is 0 Å². The maximum Gasteiger partial charge on any atom is 0.247 e. The number of rotatable bonds is 11. The van der Waals surface area contributed by atoms with Gasteiger partial charge in [-0.3, -0.25) is 20.2 Å². The summed E-state index contributed by atoms with van der Waals surface area (Å²) in [5, 5.41) is 9.33. The molecule has 1 aliphatic heterocycles. The minimum absolute atomic E-state index is 0.0580. The SMILES string of the molecule is CC(C)C[C@@H](C(=O)NN(C1CCOCC1)S(C)(=O)=O)[C@H](CC=Cc1ccccc1)C(=O)NO. The van der Waals surface area contributed by atoms with E-state index in [4.69, 9.17) is 4.74 Å². The second-order valence-corrected chi connectivity index (χ2v) is 10.6. The number of amides is 2. The van der Waals surface area contributed by atoms with E-state index in [1.165, 1.54) is 0 Å². The van der Waals surface area contributed by atoms with Gasteiger partial charge in [0.25, 0.3) is 0 Å². The number of benzene rings is 1. The van der Waals surface area contributed by atoms with E-state index in [9.17, 15) is 23.2 Å². The molecule has 3 N–H and O–H groups in total. The van der Waals surface area contributed by atoms with Crippen molar-refractivity contribution in [3.8, 4) is 0 Å². The van der Waals surface area contributed by atoms with Crippen LogP contribution in [0.25, 0.3) is 6.08 Å². The van der Waals surface area contributed by atoms with Crippen LogP contribution in [0, 0.1) is 17.8 Å². The Kier molecular flexibility index (Phi) is 10.5. The zero-order valence-electron chi connectivity index (χ0n) is 19.4. The second kappa shape index (κ2) is 12.8. The number of allylic oxidation sites excluding steroid dienone is 1. The topological polar surface area (TPSA) is 125 Å². The van der Waals surface area contributed by atoms with Crippen molar-refractivity contribution in [1.82, 2.24) is 15.3 Å². The van der Waals surface area contributed by atoms with Crippen molar-refractivity contribution in [1.29, 1.82) is 0 Å². The quantitative estimate of drug-likeness (QED) is 0.329. The molecule has 0 saturated carbocycles. The van der Waals surface area contributed by atoms with Crippen LogP contribution in [-0.4, -0.2) is 55.4 Å². The van der Waals surface area contributed by atoms with E-state index in [1.807, 2.05) is 50.3 Å². The van der Waals surface area contributed by atoms with Gasteiger partial charge in [-0.1, -0.05) is 56.3 Å². The molecule has 1 aliphatic rings. The predicted molar refractivity (Wildman–Crippen MR) is 125 cm³/mol. The van der Waals surface area contributed by atoms with E-state index in [1.54, 1.807) is 11.6 Å². The number of hydrogen-bond donors (Lipinski definition) is 3. The average molecular weight is 482 g/mol. The Labute approximate surface area is 196 Å². The Balaban J connectivity index is 2.26. The Morgan fingerprint density at radius 2 is 1.79 bits per heavy atom. The summed E-state index contributed by atoms with van der Waals surface area (Å²) in [5.41, 5.74) is 5.17. The van der Waals surface area contributed by atoms with Crippen LogP contribution < -0.4 is 10.9 Å². The van der Waals surface area contributed by atoms with Crippen LogP contribution in [0.4, 0.5) is 0 Å². The summed E-state index contributed by atoms with van der Waals surface area (Å²) in [6.45, 7) is 4.64. The number of ether oxygens (including phenoxy) is 1. The van der Waals surface area contributed by atoms with E-state index < -0.39 is 39.7 Å². The molecule has 0 aromatic heterocycles. The molecule has 2 atom stereocenters. The highest BCUT2D eigenvalue weighted by atomic mass is 32.2. The van der Waals surface area contributed by atoms with Crippen molar-refractivity contribution in [2.75, 3.05) is 19.5 Å². The van der Waals surface area contributed by atoms with Gasteiger partial charge in [-0.15, -0.1) is 4.41 Å². The van der Waals surface area contributed by atoms with E-state index in [2.05, 4.69) is 5.43 Å². The first-order chi connectivity index (χ1) is 15.6. The van der Waals surface area contributed by atoms with Crippen molar-refractivity contribution >= 4 is 27.9 Å². The molecule has 0 radical (unpaired) electrons. The van der Waals surface area contributed by atoms with Crippen LogP contribution in [-0.2, 0) is 24.3 Å². The molecule has 10 heteroatoms. The smallest absolute Gasteiger partial charge is 0.247 e. The summed E-state index contributed by atoms with van der Waals surface area (Å²) >= 11 is 0. The van der Waals surface area contributed by atoms with E-state index in [0.29, 0.717) is 32.5 Å². The maximum atomic E-state index is 13.3. The minimum atomic E-state index is -3.74. The molecule has 1 aromatic rings. The van der Waals surface area contributed by atoms with Crippen molar-refractivity contribution in [3.05, 3.63) is 42.0 Å². The molecule has 1 aromatic carbocycles. The van der Waals surface area contributed by atoms with Gasteiger partial charge in [-0.25, -0.2) is 13.9 Å². The molecule has 0 bridgehead atoms. The normalized spacial score (nSPS) is 17.3. The molecular weight excluding hydrogens is 446 g/mol. The first-order valence-corrected chi connectivity index (χ1v) is 13.0. The zero-order valence-corrected chi connectivity index (χ0v) is 20.3. The van der Waals surface area contributed by atoms with Crippen LogP contribution in [0.2, 0.25) is 0 Å². The number of hydrazine groups is 1. The third kappa shape index (κ3) is 8.54. The van der Waals surface area contributed by atoms with Crippen LogP contribution >= 0.6 is 0 Å². The Morgan fingerprint density at radius 3 is 2.33 bits per heavy atom. The number of carbonyl (C=O) groups is 2.